The molecular formula is C31H33F3N4O6S. The molecule has 5 N–H and O–H groups in total. The SMILES string of the molecule is CCc1cn2c3c(cc(C(=O)N[C@@H](Cc4ccccc4)[C@H](O)CNCc4cccc(C(F)(F)F)c4)cc13)NS(=O)(=O)C2.O=CO. The van der Waals surface area contributed by atoms with Gasteiger partial charge in [0.1, 0.15) is 5.88 Å². The summed E-state index contributed by atoms with van der Waals surface area (Å²) in [5.74, 6) is -0.702. The van der Waals surface area contributed by atoms with Gasteiger partial charge < -0.3 is 25.4 Å². The van der Waals surface area contributed by atoms with E-state index in [0.29, 0.717) is 23.2 Å². The third-order valence-corrected chi connectivity index (χ3v) is 8.44. The van der Waals surface area contributed by atoms with Crippen LogP contribution in [0.25, 0.3) is 10.9 Å². The Labute approximate surface area is 257 Å². The fourth-order valence-electron chi connectivity index (χ4n) is 5.25. The minimum atomic E-state index is -4.46. The van der Waals surface area contributed by atoms with Gasteiger partial charge in [0, 0.05) is 30.2 Å². The molecule has 1 aliphatic rings. The number of hydrogen-bond acceptors (Lipinski definition) is 6. The summed E-state index contributed by atoms with van der Waals surface area (Å²) >= 11 is 0. The summed E-state index contributed by atoms with van der Waals surface area (Å²) in [5, 5.41) is 24.7. The second-order valence-corrected chi connectivity index (χ2v) is 12.2. The second-order valence-electron chi connectivity index (χ2n) is 10.5. The van der Waals surface area contributed by atoms with Crippen LogP contribution in [0, 0.1) is 0 Å². The fraction of sp³-hybridized carbons (Fsp3) is 0.290. The molecule has 0 saturated carbocycles. The van der Waals surface area contributed by atoms with Gasteiger partial charge in [-0.2, -0.15) is 13.2 Å². The largest absolute Gasteiger partial charge is 0.483 e. The van der Waals surface area contributed by atoms with E-state index in [9.17, 15) is 31.5 Å². The van der Waals surface area contributed by atoms with Gasteiger partial charge in [-0.1, -0.05) is 55.5 Å². The first-order valence-electron chi connectivity index (χ1n) is 14.0. The van der Waals surface area contributed by atoms with Gasteiger partial charge in [0.25, 0.3) is 22.4 Å². The third kappa shape index (κ3) is 8.41. The number of carbonyl (C=O) groups is 2. The zero-order chi connectivity index (χ0) is 32.8. The van der Waals surface area contributed by atoms with Crippen LogP contribution in [0.3, 0.4) is 0 Å². The Morgan fingerprint density at radius 3 is 2.44 bits per heavy atom. The van der Waals surface area contributed by atoms with E-state index in [1.54, 1.807) is 22.9 Å². The Hall–Kier alpha value is -4.40. The first kappa shape index (κ1) is 33.5. The molecule has 10 nitrogen and oxygen atoms in total. The zero-order valence-corrected chi connectivity index (χ0v) is 25.0. The van der Waals surface area contributed by atoms with Gasteiger partial charge in [-0.3, -0.25) is 14.3 Å². The third-order valence-electron chi connectivity index (χ3n) is 7.29. The quantitative estimate of drug-likeness (QED) is 0.163. The van der Waals surface area contributed by atoms with Crippen molar-refractivity contribution in [2.24, 2.45) is 0 Å². The summed E-state index contributed by atoms with van der Waals surface area (Å²) in [7, 11) is -3.63. The molecule has 45 heavy (non-hydrogen) atoms. The van der Waals surface area contributed by atoms with Crippen molar-refractivity contribution in [3.8, 4) is 0 Å². The van der Waals surface area contributed by atoms with E-state index in [2.05, 4.69) is 15.4 Å². The number of aryl methyl sites for hydroxylation is 1. The van der Waals surface area contributed by atoms with E-state index in [1.807, 2.05) is 37.3 Å². The van der Waals surface area contributed by atoms with Crippen molar-refractivity contribution < 1.29 is 41.4 Å². The number of hydrogen-bond donors (Lipinski definition) is 5. The molecule has 4 aromatic rings. The number of nitrogens with zero attached hydrogens (tertiary/aromatic N) is 1. The number of aliphatic hydroxyl groups excluding tert-OH is 1. The second kappa shape index (κ2) is 14.1. The average molecular weight is 647 g/mol. The number of nitrogens with one attached hydrogen (secondary N) is 3. The zero-order valence-electron chi connectivity index (χ0n) is 24.2. The van der Waals surface area contributed by atoms with Crippen LogP contribution in [0.2, 0.25) is 0 Å². The maximum absolute atomic E-state index is 13.5. The van der Waals surface area contributed by atoms with Gasteiger partial charge in [0.05, 0.1) is 28.9 Å². The molecule has 0 aliphatic carbocycles. The van der Waals surface area contributed by atoms with Crippen molar-refractivity contribution in [1.82, 2.24) is 15.2 Å². The Balaban J connectivity index is 0.00000148. The van der Waals surface area contributed by atoms with Crippen molar-refractivity contribution in [2.75, 3.05) is 11.3 Å². The molecule has 1 aromatic heterocycles. The molecule has 0 unspecified atom stereocenters. The summed E-state index contributed by atoms with van der Waals surface area (Å²) in [6.45, 7) is 1.79. The van der Waals surface area contributed by atoms with Crippen LogP contribution >= 0.6 is 0 Å². The molecule has 0 spiro atoms. The predicted octanol–water partition coefficient (Wildman–Crippen LogP) is 4.13. The lowest BCUT2D eigenvalue weighted by Gasteiger charge is -2.25. The van der Waals surface area contributed by atoms with Crippen molar-refractivity contribution in [2.45, 2.75) is 50.5 Å². The lowest BCUT2D eigenvalue weighted by molar-refractivity contribution is -0.137. The highest BCUT2D eigenvalue weighted by molar-refractivity contribution is 7.91. The number of anilines is 1. The number of aliphatic hydroxyl groups is 1. The fourth-order valence-corrected chi connectivity index (χ4v) is 6.38. The smallest absolute Gasteiger partial charge is 0.416 e. The molecule has 14 heteroatoms. The van der Waals surface area contributed by atoms with E-state index in [0.717, 1.165) is 28.6 Å². The number of alkyl halides is 3. The van der Waals surface area contributed by atoms with Crippen LogP contribution in [0.5, 0.6) is 0 Å². The monoisotopic (exact) mass is 646 g/mol. The predicted molar refractivity (Wildman–Crippen MR) is 163 cm³/mol. The molecule has 1 amide bonds. The van der Waals surface area contributed by atoms with Crippen molar-refractivity contribution in [3.63, 3.8) is 0 Å². The summed E-state index contributed by atoms with van der Waals surface area (Å²) in [6.07, 6.45) is -2.83. The van der Waals surface area contributed by atoms with E-state index < -0.39 is 39.8 Å². The van der Waals surface area contributed by atoms with E-state index in [1.165, 1.54) is 12.1 Å². The van der Waals surface area contributed by atoms with E-state index >= 15 is 0 Å². The molecule has 240 valence electrons. The Morgan fingerprint density at radius 1 is 1.09 bits per heavy atom. The summed E-state index contributed by atoms with van der Waals surface area (Å²) in [6, 6.07) is 16.7. The molecular weight excluding hydrogens is 613 g/mol. The van der Waals surface area contributed by atoms with Gasteiger partial charge in [0.15, 0.2) is 0 Å². The number of carbonyl (C=O) groups excluding carboxylic acids is 1. The maximum Gasteiger partial charge on any atom is 0.416 e. The van der Waals surface area contributed by atoms with E-state index in [4.69, 9.17) is 9.90 Å². The summed E-state index contributed by atoms with van der Waals surface area (Å²) < 4.78 is 68.3. The number of rotatable bonds is 10. The molecule has 0 saturated heterocycles. The summed E-state index contributed by atoms with van der Waals surface area (Å²) in [4.78, 5) is 21.9. The van der Waals surface area contributed by atoms with Crippen LogP contribution in [-0.4, -0.2) is 54.3 Å². The molecule has 0 radical (unpaired) electrons. The standard InChI is InChI=1S/C30H31F3N4O4S.CH2O2/c1-2-21-17-37-18-42(40,41)36-26-14-22(13-24(21)28(26)37)29(39)35-25(12-19-7-4-3-5-8-19)27(38)16-34-15-20-9-6-10-23(11-20)30(31,32)33;2-1-3/h3-11,13-14,17,25,27,34,36,38H,2,12,15-16,18H2,1H3,(H,35,39);1H,(H,2,3)/t25-,27+;/m0./s1. The molecule has 1 aliphatic heterocycles. The number of halogens is 3. The van der Waals surface area contributed by atoms with E-state index in [-0.39, 0.29) is 37.4 Å². The average Bonchev–Trinajstić information content (AvgIpc) is 3.34. The van der Waals surface area contributed by atoms with Crippen LogP contribution in [0.4, 0.5) is 18.9 Å². The topological polar surface area (TPSA) is 150 Å². The number of aromatic nitrogens is 1. The Bertz CT molecular complexity index is 1760. The number of amides is 1. The lowest BCUT2D eigenvalue weighted by Crippen LogP contribution is -2.48. The Morgan fingerprint density at radius 2 is 1.78 bits per heavy atom. The van der Waals surface area contributed by atoms with Gasteiger partial charge in [-0.15, -0.1) is 0 Å². The Kier molecular flexibility index (Phi) is 10.5. The maximum atomic E-state index is 13.5. The molecule has 2 atom stereocenters. The first-order valence-corrected chi connectivity index (χ1v) is 15.6. The van der Waals surface area contributed by atoms with Gasteiger partial charge in [-0.05, 0) is 47.7 Å². The number of carboxylic acid groups (broad SMARTS) is 1. The minimum absolute atomic E-state index is 0.000936. The van der Waals surface area contributed by atoms with Crippen LogP contribution < -0.4 is 15.4 Å². The molecule has 0 fully saturated rings. The summed E-state index contributed by atoms with van der Waals surface area (Å²) in [5.41, 5.74) is 2.67. The highest BCUT2D eigenvalue weighted by Crippen LogP contribution is 2.34. The van der Waals surface area contributed by atoms with Crippen molar-refractivity contribution in [3.05, 3.63) is 101 Å². The first-order chi connectivity index (χ1) is 21.3. The molecule has 2 heterocycles. The van der Waals surface area contributed by atoms with Crippen molar-refractivity contribution in [1.29, 1.82) is 0 Å². The van der Waals surface area contributed by atoms with Crippen molar-refractivity contribution >= 4 is 39.0 Å². The molecule has 5 rings (SSSR count). The van der Waals surface area contributed by atoms with Gasteiger partial charge in [0.2, 0.25) is 0 Å². The van der Waals surface area contributed by atoms with Gasteiger partial charge in [-0.25, -0.2) is 8.42 Å². The molecule has 0 bridgehead atoms. The van der Waals surface area contributed by atoms with Crippen LogP contribution in [-0.2, 0) is 46.3 Å². The highest BCUT2D eigenvalue weighted by atomic mass is 32.2. The minimum Gasteiger partial charge on any atom is -0.483 e. The highest BCUT2D eigenvalue weighted by Gasteiger charge is 2.31. The van der Waals surface area contributed by atoms with Crippen LogP contribution in [0.1, 0.15) is 39.5 Å². The van der Waals surface area contributed by atoms with Gasteiger partial charge >= 0.3 is 6.18 Å². The van der Waals surface area contributed by atoms with Crippen LogP contribution in [0.15, 0.2) is 72.9 Å². The number of sulfonamides is 1. The normalized spacial score (nSPS) is 14.9. The lowest BCUT2D eigenvalue weighted by atomic mass is 9.99. The molecule has 3 aromatic carbocycles. The number of benzene rings is 3.